The maximum atomic E-state index is 13.2. The number of urea groups is 1. The van der Waals surface area contributed by atoms with E-state index in [1.807, 2.05) is 31.2 Å². The van der Waals surface area contributed by atoms with Crippen molar-refractivity contribution in [3.05, 3.63) is 46.9 Å². The summed E-state index contributed by atoms with van der Waals surface area (Å²) in [6.07, 6.45) is 2.01. The van der Waals surface area contributed by atoms with Crippen LogP contribution in [0.5, 0.6) is 0 Å². The van der Waals surface area contributed by atoms with Crippen LogP contribution in [0.3, 0.4) is 0 Å². The number of aromatic amines is 1. The zero-order valence-corrected chi connectivity index (χ0v) is 19.2. The van der Waals surface area contributed by atoms with Crippen molar-refractivity contribution < 1.29 is 14.4 Å². The maximum Gasteiger partial charge on any atom is 0.326 e. The number of imide groups is 1. The van der Waals surface area contributed by atoms with Crippen LogP contribution in [-0.4, -0.2) is 62.4 Å². The van der Waals surface area contributed by atoms with Crippen molar-refractivity contribution in [2.24, 2.45) is 5.92 Å². The van der Waals surface area contributed by atoms with E-state index in [1.54, 1.807) is 16.4 Å². The summed E-state index contributed by atoms with van der Waals surface area (Å²) in [7, 11) is 0. The van der Waals surface area contributed by atoms with E-state index in [4.69, 9.17) is 0 Å². The highest BCUT2D eigenvalue weighted by atomic mass is 16.2. The second-order valence-electron chi connectivity index (χ2n) is 9.11. The van der Waals surface area contributed by atoms with Crippen LogP contribution in [-0.2, 0) is 16.1 Å². The van der Waals surface area contributed by atoms with Crippen LogP contribution in [0.15, 0.2) is 41.2 Å². The first kappa shape index (κ1) is 22.8. The van der Waals surface area contributed by atoms with E-state index in [0.29, 0.717) is 38.9 Å². The first-order valence-corrected chi connectivity index (χ1v) is 11.5. The summed E-state index contributed by atoms with van der Waals surface area (Å²) >= 11 is 0. The molecule has 0 aliphatic carbocycles. The van der Waals surface area contributed by atoms with Gasteiger partial charge in [0.05, 0.1) is 17.6 Å². The van der Waals surface area contributed by atoms with Gasteiger partial charge >= 0.3 is 11.7 Å². The molecule has 0 bridgehead atoms. The van der Waals surface area contributed by atoms with E-state index in [0.717, 1.165) is 16.6 Å². The SMILES string of the molecule is C=C(C)CN1C(=O)N[C@](CC)(C2CCN(C(=O)CCn3c(=O)[nH]c4ccccc43)CC2)C1=O. The molecule has 33 heavy (non-hydrogen) atoms. The van der Waals surface area contributed by atoms with Crippen LogP contribution in [0.25, 0.3) is 11.0 Å². The van der Waals surface area contributed by atoms with Gasteiger partial charge in [-0.3, -0.25) is 19.1 Å². The normalized spacial score (nSPS) is 21.6. The molecule has 0 spiro atoms. The van der Waals surface area contributed by atoms with Crippen LogP contribution < -0.4 is 11.0 Å². The molecule has 2 aliphatic heterocycles. The number of amides is 4. The first-order chi connectivity index (χ1) is 15.8. The van der Waals surface area contributed by atoms with Gasteiger partial charge in [-0.1, -0.05) is 31.2 Å². The topological polar surface area (TPSA) is 108 Å². The number of fused-ring (bicyclic) bond motifs is 1. The van der Waals surface area contributed by atoms with Gasteiger partial charge in [0, 0.05) is 26.1 Å². The van der Waals surface area contributed by atoms with E-state index in [1.165, 1.54) is 4.90 Å². The highest BCUT2D eigenvalue weighted by Crippen LogP contribution is 2.36. The molecule has 2 aromatic rings. The number of para-hydroxylation sites is 2. The third-order valence-corrected chi connectivity index (χ3v) is 6.96. The zero-order chi connectivity index (χ0) is 23.8. The van der Waals surface area contributed by atoms with Gasteiger partial charge in [-0.05, 0) is 44.2 Å². The lowest BCUT2D eigenvalue weighted by Gasteiger charge is -2.40. The molecule has 1 aromatic heterocycles. The number of carbonyl (C=O) groups excluding carboxylic acids is 3. The second kappa shape index (κ2) is 8.88. The van der Waals surface area contributed by atoms with Crippen molar-refractivity contribution in [3.8, 4) is 0 Å². The van der Waals surface area contributed by atoms with Gasteiger partial charge in [0.1, 0.15) is 5.54 Å². The fourth-order valence-electron chi connectivity index (χ4n) is 5.18. The first-order valence-electron chi connectivity index (χ1n) is 11.5. The van der Waals surface area contributed by atoms with Gasteiger partial charge in [-0.15, -0.1) is 0 Å². The smallest absolute Gasteiger partial charge is 0.326 e. The number of imidazole rings is 1. The molecule has 0 unspecified atom stereocenters. The number of nitrogens with one attached hydrogen (secondary N) is 2. The average Bonchev–Trinajstić information content (AvgIpc) is 3.25. The number of aromatic nitrogens is 2. The molecule has 176 valence electrons. The summed E-state index contributed by atoms with van der Waals surface area (Å²) in [5.74, 6) is -0.238. The lowest BCUT2D eigenvalue weighted by Crippen LogP contribution is -2.56. The van der Waals surface area contributed by atoms with Crippen molar-refractivity contribution in [1.29, 1.82) is 0 Å². The minimum Gasteiger partial charge on any atom is -0.343 e. The van der Waals surface area contributed by atoms with Crippen LogP contribution >= 0.6 is 0 Å². The molecule has 2 fully saturated rings. The summed E-state index contributed by atoms with van der Waals surface area (Å²) in [4.78, 5) is 56.6. The molecular formula is C24H31N5O4. The third-order valence-electron chi connectivity index (χ3n) is 6.96. The Balaban J connectivity index is 1.38. The van der Waals surface area contributed by atoms with Crippen molar-refractivity contribution in [3.63, 3.8) is 0 Å². The molecule has 2 saturated heterocycles. The van der Waals surface area contributed by atoms with Crippen LogP contribution in [0, 0.1) is 5.92 Å². The van der Waals surface area contributed by atoms with Gasteiger partial charge in [0.15, 0.2) is 0 Å². The predicted molar refractivity (Wildman–Crippen MR) is 125 cm³/mol. The monoisotopic (exact) mass is 453 g/mol. The molecular weight excluding hydrogens is 422 g/mol. The molecule has 1 atom stereocenters. The quantitative estimate of drug-likeness (QED) is 0.495. The van der Waals surface area contributed by atoms with E-state index >= 15 is 0 Å². The third kappa shape index (κ3) is 4.07. The maximum absolute atomic E-state index is 13.2. The number of hydrogen-bond donors (Lipinski definition) is 2. The Hall–Kier alpha value is -3.36. The van der Waals surface area contributed by atoms with E-state index < -0.39 is 5.54 Å². The lowest BCUT2D eigenvalue weighted by molar-refractivity contribution is -0.136. The Morgan fingerprint density at radius 1 is 1.18 bits per heavy atom. The number of hydrogen-bond acceptors (Lipinski definition) is 4. The van der Waals surface area contributed by atoms with Gasteiger partial charge in [0.2, 0.25) is 5.91 Å². The fourth-order valence-corrected chi connectivity index (χ4v) is 5.18. The second-order valence-corrected chi connectivity index (χ2v) is 9.11. The highest BCUT2D eigenvalue weighted by molar-refractivity contribution is 6.07. The summed E-state index contributed by atoms with van der Waals surface area (Å²) in [6.45, 7) is 9.11. The largest absolute Gasteiger partial charge is 0.343 e. The van der Waals surface area contributed by atoms with Crippen LogP contribution in [0.1, 0.15) is 39.5 Å². The molecule has 9 heteroatoms. The Kier molecular flexibility index (Phi) is 6.14. The van der Waals surface area contributed by atoms with Crippen molar-refractivity contribution >= 4 is 28.9 Å². The number of H-pyrrole nitrogens is 1. The van der Waals surface area contributed by atoms with E-state index in [9.17, 15) is 19.2 Å². The van der Waals surface area contributed by atoms with Gasteiger partial charge in [-0.2, -0.15) is 0 Å². The number of nitrogens with zero attached hydrogens (tertiary/aromatic N) is 3. The number of likely N-dealkylation sites (tertiary alicyclic amines) is 1. The van der Waals surface area contributed by atoms with Crippen molar-refractivity contribution in [1.82, 2.24) is 24.7 Å². The Labute approximate surface area is 192 Å². The van der Waals surface area contributed by atoms with Gasteiger partial charge < -0.3 is 15.2 Å². The van der Waals surface area contributed by atoms with E-state index in [-0.39, 0.29) is 42.4 Å². The molecule has 2 aliphatic rings. The Morgan fingerprint density at radius 2 is 1.88 bits per heavy atom. The standard InChI is InChI=1S/C24H31N5O4/c1-4-24(21(31)29(15-16(2)3)23(33)26-24)17-9-12-27(13-10-17)20(30)11-14-28-19-8-6-5-7-18(19)25-22(28)32/h5-8,17H,2,4,9-15H2,1,3H3,(H,25,32)(H,26,33)/t24-/m1/s1. The summed E-state index contributed by atoms with van der Waals surface area (Å²) < 4.78 is 1.59. The zero-order valence-electron chi connectivity index (χ0n) is 19.2. The van der Waals surface area contributed by atoms with Crippen molar-refractivity contribution in [2.75, 3.05) is 19.6 Å². The van der Waals surface area contributed by atoms with Gasteiger partial charge in [-0.25, -0.2) is 9.59 Å². The van der Waals surface area contributed by atoms with Gasteiger partial charge in [0.25, 0.3) is 5.91 Å². The van der Waals surface area contributed by atoms with Crippen LogP contribution in [0.4, 0.5) is 4.79 Å². The molecule has 4 amide bonds. The molecule has 2 N–H and O–H groups in total. The minimum absolute atomic E-state index is 0.0122. The fraction of sp³-hybridized carbons (Fsp3) is 0.500. The lowest BCUT2D eigenvalue weighted by atomic mass is 9.75. The number of carbonyl (C=O) groups is 3. The number of rotatable bonds is 7. The number of aryl methyl sites for hydroxylation is 1. The Bertz CT molecular complexity index is 1160. The molecule has 4 rings (SSSR count). The van der Waals surface area contributed by atoms with E-state index in [2.05, 4.69) is 16.9 Å². The summed E-state index contributed by atoms with van der Waals surface area (Å²) in [6, 6.07) is 7.05. The summed E-state index contributed by atoms with van der Waals surface area (Å²) in [5.41, 5.74) is 1.15. The minimum atomic E-state index is -0.918. The number of benzene rings is 1. The highest BCUT2D eigenvalue weighted by Gasteiger charge is 2.54. The average molecular weight is 454 g/mol. The molecule has 0 radical (unpaired) electrons. The van der Waals surface area contributed by atoms with Crippen LogP contribution in [0.2, 0.25) is 0 Å². The number of piperidine rings is 1. The summed E-state index contributed by atoms with van der Waals surface area (Å²) in [5, 5.41) is 2.95. The molecule has 3 heterocycles. The van der Waals surface area contributed by atoms with Crippen molar-refractivity contribution in [2.45, 2.75) is 51.6 Å². The molecule has 0 saturated carbocycles. The Morgan fingerprint density at radius 3 is 2.55 bits per heavy atom. The molecule has 9 nitrogen and oxygen atoms in total. The predicted octanol–water partition coefficient (Wildman–Crippen LogP) is 2.23. The molecule has 1 aromatic carbocycles.